The van der Waals surface area contributed by atoms with E-state index in [0.717, 1.165) is 12.3 Å². The van der Waals surface area contributed by atoms with Gasteiger partial charge in [-0.05, 0) is 74.9 Å². The molecule has 5 amide bonds. The lowest BCUT2D eigenvalue weighted by Gasteiger charge is -2.41. The summed E-state index contributed by atoms with van der Waals surface area (Å²) in [5.41, 5.74) is 0.913. The number of piperazine rings is 1. The number of nitriles is 1. The molecule has 3 aliphatic rings. The third-order valence-electron chi connectivity index (χ3n) is 14.2. The number of carboxylic acid groups (broad SMARTS) is 4. The Morgan fingerprint density at radius 2 is 1.33 bits per heavy atom. The summed E-state index contributed by atoms with van der Waals surface area (Å²) in [5.74, 6) is -7.56. The fourth-order valence-corrected chi connectivity index (χ4v) is 9.93. The Morgan fingerprint density at radius 1 is 0.704 bits per heavy atom. The lowest BCUT2D eigenvalue weighted by atomic mass is 10.0. The molecule has 7 N–H and O–H groups in total. The molecule has 1 unspecified atom stereocenters. The first-order valence-electron chi connectivity index (χ1n) is 26.9. The van der Waals surface area contributed by atoms with Crippen LogP contribution in [-0.2, 0) is 33.6 Å². The maximum Gasteiger partial charge on any atom is 0.327 e. The monoisotopic (exact) mass is 1130 g/mol. The van der Waals surface area contributed by atoms with Crippen LogP contribution in [0.3, 0.4) is 0 Å². The van der Waals surface area contributed by atoms with Gasteiger partial charge in [-0.3, -0.25) is 67.8 Å². The van der Waals surface area contributed by atoms with Gasteiger partial charge in [0.25, 0.3) is 11.8 Å². The molecule has 0 saturated carbocycles. The number of carboxylic acids is 4. The van der Waals surface area contributed by atoms with Crippen LogP contribution in [0.4, 0.5) is 4.39 Å². The van der Waals surface area contributed by atoms with Crippen molar-refractivity contribution in [1.82, 2.24) is 60.2 Å². The van der Waals surface area contributed by atoms with Crippen molar-refractivity contribution in [2.45, 2.75) is 56.7 Å². The summed E-state index contributed by atoms with van der Waals surface area (Å²) in [4.78, 5) is 135. The lowest BCUT2D eigenvalue weighted by Crippen LogP contribution is -2.62. The molecule has 0 radical (unpaired) electrons. The lowest BCUT2D eigenvalue weighted by molar-refractivity contribution is -0.155. The first-order valence-corrected chi connectivity index (χ1v) is 26.9. The number of ether oxygens (including phenoxy) is 1. The van der Waals surface area contributed by atoms with Gasteiger partial charge in [-0.25, -0.2) is 9.78 Å². The minimum absolute atomic E-state index is 0.00924. The first-order chi connectivity index (χ1) is 38.9. The van der Waals surface area contributed by atoms with E-state index in [-0.39, 0.29) is 148 Å². The zero-order chi connectivity index (χ0) is 58.4. The van der Waals surface area contributed by atoms with Crippen molar-refractivity contribution >= 4 is 64.3 Å². The van der Waals surface area contributed by atoms with E-state index in [1.807, 2.05) is 4.90 Å². The number of carbonyl (C=O) groups excluding carboxylic acids is 5. The maximum atomic E-state index is 14.6. The number of nitrogens with zero attached hydrogens (tertiary/aromatic N) is 10. The van der Waals surface area contributed by atoms with Gasteiger partial charge in [0.2, 0.25) is 23.7 Å². The number of nitrogens with one attached hydrogen (secondary N) is 3. The van der Waals surface area contributed by atoms with E-state index in [9.17, 15) is 73.2 Å². The second kappa shape index (κ2) is 31.1. The highest BCUT2D eigenvalue weighted by Crippen LogP contribution is 2.24. The van der Waals surface area contributed by atoms with Crippen LogP contribution < -0.4 is 20.7 Å². The summed E-state index contributed by atoms with van der Waals surface area (Å²) in [7, 11) is 0. The maximum absolute atomic E-state index is 14.6. The van der Waals surface area contributed by atoms with Crippen molar-refractivity contribution in [3.63, 3.8) is 0 Å². The highest BCUT2D eigenvalue weighted by atomic mass is 19.1. The van der Waals surface area contributed by atoms with Crippen molar-refractivity contribution in [2.24, 2.45) is 0 Å². The number of aliphatic carboxylic acids is 4. The minimum Gasteiger partial charge on any atom is -0.494 e. The number of hydrogen-bond donors (Lipinski definition) is 7. The number of amides is 5. The number of fused-ring (bicyclic) bond motifs is 1. The Bertz CT molecular complexity index is 2720. The van der Waals surface area contributed by atoms with Gasteiger partial charge in [-0.15, -0.1) is 0 Å². The van der Waals surface area contributed by atoms with Gasteiger partial charge in [0.05, 0.1) is 62.0 Å². The normalized spacial score (nSPS) is 18.6. The Morgan fingerprint density at radius 3 is 1.93 bits per heavy atom. The first kappa shape index (κ1) is 62.2. The molecule has 0 spiro atoms. The van der Waals surface area contributed by atoms with Crippen LogP contribution in [0.2, 0.25) is 0 Å². The van der Waals surface area contributed by atoms with Gasteiger partial charge in [-0.2, -0.15) is 9.65 Å². The summed E-state index contributed by atoms with van der Waals surface area (Å²) in [6, 6.07) is 7.97. The van der Waals surface area contributed by atoms with E-state index >= 15 is 0 Å². The summed E-state index contributed by atoms with van der Waals surface area (Å²) in [6.45, 7) is 0.911. The fourth-order valence-electron chi connectivity index (χ4n) is 9.93. The third kappa shape index (κ3) is 19.7. The average molecular weight is 1130 g/mol. The van der Waals surface area contributed by atoms with Crippen molar-refractivity contribution in [3.8, 4) is 11.8 Å². The molecule has 3 aliphatic heterocycles. The van der Waals surface area contributed by atoms with E-state index in [1.165, 1.54) is 28.1 Å². The third-order valence-corrected chi connectivity index (χ3v) is 14.2. The molecular formula is C53H70FN13O14. The minimum atomic E-state index is -1.31. The topological polar surface area (TPSA) is 352 Å². The molecule has 438 valence electrons. The molecule has 5 heterocycles. The molecule has 27 nitrogen and oxygen atoms in total. The zero-order valence-electron chi connectivity index (χ0n) is 45.0. The summed E-state index contributed by atoms with van der Waals surface area (Å²) >= 11 is 0. The van der Waals surface area contributed by atoms with E-state index in [1.54, 1.807) is 37.8 Å². The fraction of sp³-hybridized carbons (Fsp3) is 0.547. The molecule has 0 bridgehead atoms. The van der Waals surface area contributed by atoms with Gasteiger partial charge >= 0.3 is 23.9 Å². The number of rotatable bonds is 25. The van der Waals surface area contributed by atoms with Crippen LogP contribution in [0.15, 0.2) is 48.8 Å². The Balaban J connectivity index is 1.08. The van der Waals surface area contributed by atoms with E-state index in [2.05, 4.69) is 32.0 Å². The van der Waals surface area contributed by atoms with Crippen LogP contribution in [0.25, 0.3) is 10.9 Å². The SMILES string of the molecule is N#C[C@@H]1CCCN1C(=O)CNC(=O)c1ccnc2ccc(OCCCN3CCN(C(=O)[C@H](CCCCNC(=O)c4ccc(F)nc4)NC(=O)CN4CCN(CC(=O)O)CCN(CC(=O)O)CCN(CC(=O)O)CC4)C(C(=O)O)C3)cc12. The summed E-state index contributed by atoms with van der Waals surface area (Å²) < 4.78 is 19.4. The van der Waals surface area contributed by atoms with E-state index in [0.29, 0.717) is 55.4 Å². The largest absolute Gasteiger partial charge is 0.494 e. The Labute approximate surface area is 466 Å². The molecule has 1 aromatic carbocycles. The molecule has 3 aromatic rings. The van der Waals surface area contributed by atoms with Gasteiger partial charge in [0, 0.05) is 109 Å². The molecule has 3 fully saturated rings. The number of benzene rings is 1. The number of unbranched alkanes of at least 4 members (excludes halogenated alkanes) is 1. The zero-order valence-corrected chi connectivity index (χ0v) is 45.0. The van der Waals surface area contributed by atoms with Crippen molar-refractivity contribution in [2.75, 3.05) is 131 Å². The highest BCUT2D eigenvalue weighted by molar-refractivity contribution is 6.07. The number of pyridine rings is 2. The molecular weight excluding hydrogens is 1060 g/mol. The Kier molecular flexibility index (Phi) is 23.9. The summed E-state index contributed by atoms with van der Waals surface area (Å²) in [5, 5.41) is 57.4. The predicted molar refractivity (Wildman–Crippen MR) is 285 cm³/mol. The summed E-state index contributed by atoms with van der Waals surface area (Å²) in [6.07, 6.45) is 4.94. The molecule has 6 rings (SSSR count). The second-order valence-electron chi connectivity index (χ2n) is 20.0. The molecule has 3 saturated heterocycles. The number of hydrogen-bond acceptors (Lipinski definition) is 18. The van der Waals surface area contributed by atoms with Crippen LogP contribution in [-0.4, -0.2) is 267 Å². The van der Waals surface area contributed by atoms with E-state index < -0.39 is 71.6 Å². The predicted octanol–water partition coefficient (Wildman–Crippen LogP) is -1.06. The molecule has 2 aromatic heterocycles. The smallest absolute Gasteiger partial charge is 0.327 e. The quantitative estimate of drug-likeness (QED) is 0.0393. The van der Waals surface area contributed by atoms with Gasteiger partial charge in [-0.1, -0.05) is 0 Å². The number of aromatic nitrogens is 2. The molecule has 28 heteroatoms. The second-order valence-corrected chi connectivity index (χ2v) is 20.0. The van der Waals surface area contributed by atoms with E-state index in [4.69, 9.17) is 4.74 Å². The van der Waals surface area contributed by atoms with Gasteiger partial charge in [0.1, 0.15) is 23.9 Å². The number of likely N-dealkylation sites (tertiary alicyclic amines) is 1. The van der Waals surface area contributed by atoms with Gasteiger partial charge in [0.15, 0.2) is 0 Å². The van der Waals surface area contributed by atoms with Crippen LogP contribution >= 0.6 is 0 Å². The van der Waals surface area contributed by atoms with Crippen molar-refractivity contribution in [1.29, 1.82) is 5.26 Å². The van der Waals surface area contributed by atoms with Crippen LogP contribution in [0, 0.1) is 17.3 Å². The van der Waals surface area contributed by atoms with Crippen LogP contribution in [0.1, 0.15) is 59.2 Å². The van der Waals surface area contributed by atoms with Crippen molar-refractivity contribution < 1.29 is 72.7 Å². The molecule has 81 heavy (non-hydrogen) atoms. The highest BCUT2D eigenvalue weighted by Gasteiger charge is 2.39. The Hall–Kier alpha value is -7.97. The van der Waals surface area contributed by atoms with Crippen LogP contribution in [0.5, 0.6) is 5.75 Å². The van der Waals surface area contributed by atoms with Gasteiger partial charge < -0.3 is 50.9 Å². The average Bonchev–Trinajstić information content (AvgIpc) is 3.95. The number of halogens is 1. The number of carbonyl (C=O) groups is 9. The molecule has 3 atom stereocenters. The standard InChI is InChI=1S/C53H70FN13O14/c54-44-10-7-36(29-58-44)50(76)57-12-2-1-6-42(60-45(68)32-62-16-18-63(33-47(70)71)20-22-65(35-49(74)75)23-21-64(19-17-62)34-48(72)73)52(78)67-25-24-61(31-43(67)53(79)80)14-4-26-81-38-8-9-41-40(27-38)39(11-13-56-41)51(77)59-30-46(69)66-15-3-5-37(66)28-55/h7-11,13,27,29,37,42-43H,1-6,12,14-26,30-35H2,(H,57,76)(H,59,77)(H,60,68)(H,70,71)(H,72,73)(H,74,75)(H,79,80)/t37-,42-,43?/m0/s1. The molecule has 0 aliphatic carbocycles. The van der Waals surface area contributed by atoms with Crippen molar-refractivity contribution in [3.05, 3.63) is 65.9 Å².